The molecule has 1 aliphatic rings. The third-order valence-electron chi connectivity index (χ3n) is 3.57. The van der Waals surface area contributed by atoms with E-state index in [1.54, 1.807) is 0 Å². The molecule has 1 unspecified atom stereocenters. The number of carbonyl (C=O) groups excluding carboxylic acids is 1. The molecule has 112 valence electrons. The summed E-state index contributed by atoms with van der Waals surface area (Å²) in [6, 6.07) is 7.44. The van der Waals surface area contributed by atoms with Gasteiger partial charge in [0, 0.05) is 25.1 Å². The van der Waals surface area contributed by atoms with Crippen LogP contribution in [-0.2, 0) is 0 Å². The van der Waals surface area contributed by atoms with Crippen molar-refractivity contribution in [1.29, 1.82) is 0 Å². The van der Waals surface area contributed by atoms with E-state index in [-0.39, 0.29) is 12.6 Å². The van der Waals surface area contributed by atoms with Gasteiger partial charge in [-0.1, -0.05) is 30.9 Å². The summed E-state index contributed by atoms with van der Waals surface area (Å²) in [5.74, 6) is 6.43. The largest absolute Gasteiger partial charge is 0.395 e. The molecule has 21 heavy (non-hydrogen) atoms. The van der Waals surface area contributed by atoms with Gasteiger partial charge < -0.3 is 15.3 Å². The summed E-state index contributed by atoms with van der Waals surface area (Å²) in [6.45, 7) is 3.85. The van der Waals surface area contributed by atoms with Crippen LogP contribution in [0.4, 0.5) is 10.5 Å². The van der Waals surface area contributed by atoms with Crippen LogP contribution in [0.1, 0.15) is 31.7 Å². The number of carbonyl (C=O) groups is 1. The van der Waals surface area contributed by atoms with E-state index in [1.165, 1.54) is 6.42 Å². The molecule has 0 saturated carbocycles. The first-order valence-corrected chi connectivity index (χ1v) is 7.45. The molecule has 1 fully saturated rings. The van der Waals surface area contributed by atoms with Crippen molar-refractivity contribution in [1.82, 2.24) is 4.90 Å². The molecule has 0 radical (unpaired) electrons. The van der Waals surface area contributed by atoms with Gasteiger partial charge in [0.15, 0.2) is 0 Å². The zero-order chi connectivity index (χ0) is 15.1. The summed E-state index contributed by atoms with van der Waals surface area (Å²) in [4.78, 5) is 14.2. The quantitative estimate of drug-likeness (QED) is 0.821. The number of para-hydroxylation sites is 1. The number of rotatable bonds is 2. The first-order valence-electron chi connectivity index (χ1n) is 7.45. The van der Waals surface area contributed by atoms with E-state index in [4.69, 9.17) is 5.11 Å². The lowest BCUT2D eigenvalue weighted by atomic mass is 10.0. The number of nitrogens with one attached hydrogen (secondary N) is 1. The van der Waals surface area contributed by atoms with Crippen molar-refractivity contribution in [2.75, 3.05) is 25.0 Å². The van der Waals surface area contributed by atoms with Crippen molar-refractivity contribution in [2.45, 2.75) is 26.2 Å². The van der Waals surface area contributed by atoms with E-state index in [0.29, 0.717) is 12.3 Å². The van der Waals surface area contributed by atoms with Crippen LogP contribution in [-0.4, -0.2) is 35.7 Å². The van der Waals surface area contributed by atoms with Gasteiger partial charge in [-0.3, -0.25) is 0 Å². The summed E-state index contributed by atoms with van der Waals surface area (Å²) in [5.41, 5.74) is 1.51. The van der Waals surface area contributed by atoms with Crippen LogP contribution in [0.25, 0.3) is 0 Å². The van der Waals surface area contributed by atoms with Crippen LogP contribution in [0.3, 0.4) is 0 Å². The van der Waals surface area contributed by atoms with Gasteiger partial charge in [-0.05, 0) is 30.9 Å². The predicted molar refractivity (Wildman–Crippen MR) is 84.0 cm³/mol. The average molecular weight is 286 g/mol. The van der Waals surface area contributed by atoms with Crippen molar-refractivity contribution < 1.29 is 9.90 Å². The maximum Gasteiger partial charge on any atom is 0.321 e. The normalized spacial score (nSPS) is 17.8. The molecule has 0 aromatic heterocycles. The molecule has 4 heteroatoms. The van der Waals surface area contributed by atoms with Crippen LogP contribution in [0.5, 0.6) is 0 Å². The summed E-state index contributed by atoms with van der Waals surface area (Å²) in [7, 11) is 0. The van der Waals surface area contributed by atoms with E-state index in [1.807, 2.05) is 29.2 Å². The topological polar surface area (TPSA) is 52.6 Å². The van der Waals surface area contributed by atoms with Gasteiger partial charge in [-0.15, -0.1) is 0 Å². The van der Waals surface area contributed by atoms with Crippen molar-refractivity contribution in [3.8, 4) is 11.8 Å². The zero-order valence-corrected chi connectivity index (χ0v) is 12.4. The molecule has 2 N–H and O–H groups in total. The second-order valence-corrected chi connectivity index (χ2v) is 5.44. The van der Waals surface area contributed by atoms with Crippen molar-refractivity contribution in [3.05, 3.63) is 29.8 Å². The number of urea groups is 1. The molecule has 1 aromatic rings. The van der Waals surface area contributed by atoms with Crippen LogP contribution in [0.2, 0.25) is 0 Å². The Balaban J connectivity index is 2.05. The van der Waals surface area contributed by atoms with Crippen molar-refractivity contribution in [3.63, 3.8) is 0 Å². The molecular formula is C17H22N2O2. The SMILES string of the molecule is CC1CCCN(C(=O)Nc2ccccc2C#CCCO)C1. The van der Waals surface area contributed by atoms with Crippen LogP contribution in [0, 0.1) is 17.8 Å². The lowest BCUT2D eigenvalue weighted by molar-refractivity contribution is 0.182. The van der Waals surface area contributed by atoms with E-state index < -0.39 is 0 Å². The van der Waals surface area contributed by atoms with Gasteiger partial charge in [0.25, 0.3) is 0 Å². The van der Waals surface area contributed by atoms with E-state index in [9.17, 15) is 4.79 Å². The number of hydrogen-bond donors (Lipinski definition) is 2. The van der Waals surface area contributed by atoms with Crippen LogP contribution >= 0.6 is 0 Å². The lowest BCUT2D eigenvalue weighted by Gasteiger charge is -2.31. The number of piperidine rings is 1. The number of aliphatic hydroxyl groups is 1. The van der Waals surface area contributed by atoms with E-state index in [0.717, 1.165) is 30.8 Å². The molecule has 2 amide bonds. The second kappa shape index (κ2) is 7.70. The first kappa shape index (κ1) is 15.4. The van der Waals surface area contributed by atoms with E-state index in [2.05, 4.69) is 24.1 Å². The molecule has 1 heterocycles. The highest BCUT2D eigenvalue weighted by Crippen LogP contribution is 2.18. The van der Waals surface area contributed by atoms with Crippen LogP contribution < -0.4 is 5.32 Å². The van der Waals surface area contributed by atoms with Crippen LogP contribution in [0.15, 0.2) is 24.3 Å². The maximum atomic E-state index is 12.3. The molecule has 0 spiro atoms. The molecule has 1 atom stereocenters. The highest BCUT2D eigenvalue weighted by Gasteiger charge is 2.21. The molecule has 0 aliphatic carbocycles. The number of likely N-dealkylation sites (tertiary alicyclic amines) is 1. The number of anilines is 1. The minimum Gasteiger partial charge on any atom is -0.395 e. The van der Waals surface area contributed by atoms with Crippen molar-refractivity contribution in [2.24, 2.45) is 5.92 Å². The van der Waals surface area contributed by atoms with Gasteiger partial charge in [-0.2, -0.15) is 0 Å². The van der Waals surface area contributed by atoms with Gasteiger partial charge in [0.2, 0.25) is 0 Å². The number of benzene rings is 1. The Morgan fingerprint density at radius 2 is 2.29 bits per heavy atom. The number of aliphatic hydroxyl groups excluding tert-OH is 1. The molecule has 0 bridgehead atoms. The second-order valence-electron chi connectivity index (χ2n) is 5.44. The molecular weight excluding hydrogens is 264 g/mol. The molecule has 2 rings (SSSR count). The van der Waals surface area contributed by atoms with Gasteiger partial charge in [-0.25, -0.2) is 4.79 Å². The third kappa shape index (κ3) is 4.51. The number of amides is 2. The fourth-order valence-electron chi connectivity index (χ4n) is 2.48. The number of hydrogen-bond acceptors (Lipinski definition) is 2. The summed E-state index contributed by atoms with van der Waals surface area (Å²) in [6.07, 6.45) is 2.69. The molecule has 4 nitrogen and oxygen atoms in total. The molecule has 1 saturated heterocycles. The molecule has 1 aliphatic heterocycles. The monoisotopic (exact) mass is 286 g/mol. The van der Waals surface area contributed by atoms with E-state index >= 15 is 0 Å². The predicted octanol–water partition coefficient (Wildman–Crippen LogP) is 2.68. The Bertz CT molecular complexity index is 545. The first-order chi connectivity index (χ1) is 10.2. The highest BCUT2D eigenvalue weighted by atomic mass is 16.2. The Kier molecular flexibility index (Phi) is 5.65. The average Bonchev–Trinajstić information content (AvgIpc) is 2.49. The summed E-state index contributed by atoms with van der Waals surface area (Å²) >= 11 is 0. The Hall–Kier alpha value is -1.99. The zero-order valence-electron chi connectivity index (χ0n) is 12.4. The van der Waals surface area contributed by atoms with Gasteiger partial charge in [0.1, 0.15) is 0 Å². The van der Waals surface area contributed by atoms with Crippen molar-refractivity contribution >= 4 is 11.7 Å². The third-order valence-corrected chi connectivity index (χ3v) is 3.57. The number of nitrogens with zero attached hydrogens (tertiary/aromatic N) is 1. The standard InChI is InChI=1S/C17H22N2O2/c1-14-7-6-11-19(13-14)17(21)18-16-10-3-2-8-15(16)9-4-5-12-20/h2-3,8,10,14,20H,5-7,11-13H2,1H3,(H,18,21). The Labute approximate surface area is 126 Å². The maximum absolute atomic E-state index is 12.3. The van der Waals surface area contributed by atoms with Gasteiger partial charge in [0.05, 0.1) is 12.3 Å². The van der Waals surface area contributed by atoms with Gasteiger partial charge >= 0.3 is 6.03 Å². The summed E-state index contributed by atoms with van der Waals surface area (Å²) in [5, 5.41) is 11.7. The summed E-state index contributed by atoms with van der Waals surface area (Å²) < 4.78 is 0. The fraction of sp³-hybridized carbons (Fsp3) is 0.471. The Morgan fingerprint density at radius 3 is 3.05 bits per heavy atom. The smallest absolute Gasteiger partial charge is 0.321 e. The Morgan fingerprint density at radius 1 is 1.48 bits per heavy atom. The minimum atomic E-state index is -0.0574. The fourth-order valence-corrected chi connectivity index (χ4v) is 2.48. The lowest BCUT2D eigenvalue weighted by Crippen LogP contribution is -2.41. The minimum absolute atomic E-state index is 0.0488. The molecule has 1 aromatic carbocycles. The highest BCUT2D eigenvalue weighted by molar-refractivity contribution is 5.91.